The van der Waals surface area contributed by atoms with Crippen molar-refractivity contribution in [3.8, 4) is 0 Å². The molecule has 0 saturated carbocycles. The summed E-state index contributed by atoms with van der Waals surface area (Å²) in [5.74, 6) is -0.730. The van der Waals surface area contributed by atoms with Gasteiger partial charge in [0.2, 0.25) is 0 Å². The molecule has 9 heteroatoms. The molecule has 26 heavy (non-hydrogen) atoms. The van der Waals surface area contributed by atoms with Crippen molar-refractivity contribution in [3.63, 3.8) is 0 Å². The summed E-state index contributed by atoms with van der Waals surface area (Å²) in [5, 5.41) is 4.07. The fraction of sp³-hybridized carbons (Fsp3) is 0.471. The molecule has 2 heterocycles. The lowest BCUT2D eigenvalue weighted by Crippen LogP contribution is -2.41. The Bertz CT molecular complexity index is 801. The first-order valence-corrected chi connectivity index (χ1v) is 8.13. The average Bonchev–Trinajstić information content (AvgIpc) is 3.00. The van der Waals surface area contributed by atoms with E-state index in [1.165, 1.54) is 10.9 Å². The Morgan fingerprint density at radius 2 is 1.73 bits per heavy atom. The molecule has 0 unspecified atom stereocenters. The third-order valence-electron chi connectivity index (χ3n) is 4.88. The summed E-state index contributed by atoms with van der Waals surface area (Å²) in [5.41, 5.74) is -1.56. The molecule has 0 spiro atoms. The van der Waals surface area contributed by atoms with Crippen LogP contribution in [-0.4, -0.2) is 28.1 Å². The Morgan fingerprint density at radius 1 is 1.12 bits per heavy atom. The molecule has 0 radical (unpaired) electrons. The predicted octanol–water partition coefficient (Wildman–Crippen LogP) is 3.39. The SMILES string of the molecule is CC1(C)OB(c2cnn(Cc3cc(F)ccc3C(F)(F)F)c2)OC1(C)C. The zero-order chi connectivity index (χ0) is 19.3. The van der Waals surface area contributed by atoms with Crippen molar-refractivity contribution in [2.24, 2.45) is 0 Å². The Kier molecular flexibility index (Phi) is 4.43. The summed E-state index contributed by atoms with van der Waals surface area (Å²) in [4.78, 5) is 0. The molecular formula is C17H19BF4N2O2. The topological polar surface area (TPSA) is 36.3 Å². The predicted molar refractivity (Wildman–Crippen MR) is 88.4 cm³/mol. The molecule has 0 bridgehead atoms. The molecule has 1 fully saturated rings. The lowest BCUT2D eigenvalue weighted by molar-refractivity contribution is -0.138. The smallest absolute Gasteiger partial charge is 0.399 e. The Balaban J connectivity index is 1.84. The number of hydrogen-bond donors (Lipinski definition) is 0. The normalized spacial score (nSPS) is 19.2. The van der Waals surface area contributed by atoms with Gasteiger partial charge in [0, 0.05) is 17.9 Å². The van der Waals surface area contributed by atoms with Crippen LogP contribution in [0.15, 0.2) is 30.6 Å². The second-order valence-electron chi connectivity index (χ2n) is 7.36. The minimum atomic E-state index is -4.56. The monoisotopic (exact) mass is 370 g/mol. The molecule has 1 aliphatic heterocycles. The number of benzene rings is 1. The van der Waals surface area contributed by atoms with Crippen molar-refractivity contribution in [2.45, 2.75) is 51.6 Å². The first kappa shape index (κ1) is 18.9. The molecule has 1 aromatic heterocycles. The van der Waals surface area contributed by atoms with Crippen LogP contribution in [0.25, 0.3) is 0 Å². The van der Waals surface area contributed by atoms with Gasteiger partial charge in [-0.3, -0.25) is 4.68 Å². The van der Waals surface area contributed by atoms with E-state index in [-0.39, 0.29) is 12.1 Å². The van der Waals surface area contributed by atoms with E-state index in [0.717, 1.165) is 18.2 Å². The Morgan fingerprint density at radius 3 is 2.31 bits per heavy atom. The number of alkyl halides is 3. The van der Waals surface area contributed by atoms with E-state index in [2.05, 4.69) is 5.10 Å². The van der Waals surface area contributed by atoms with Crippen LogP contribution in [-0.2, 0) is 22.0 Å². The average molecular weight is 370 g/mol. The molecule has 0 atom stereocenters. The molecule has 0 amide bonds. The molecule has 1 aliphatic rings. The van der Waals surface area contributed by atoms with Crippen LogP contribution in [0.2, 0.25) is 0 Å². The van der Waals surface area contributed by atoms with Crippen molar-refractivity contribution < 1.29 is 26.9 Å². The van der Waals surface area contributed by atoms with E-state index in [1.807, 2.05) is 27.7 Å². The second-order valence-corrected chi connectivity index (χ2v) is 7.36. The van der Waals surface area contributed by atoms with E-state index in [9.17, 15) is 17.6 Å². The highest BCUT2D eigenvalue weighted by atomic mass is 19.4. The van der Waals surface area contributed by atoms with Crippen LogP contribution in [0, 0.1) is 5.82 Å². The Hall–Kier alpha value is -1.87. The second kappa shape index (κ2) is 6.09. The number of rotatable bonds is 3. The van der Waals surface area contributed by atoms with Crippen molar-refractivity contribution >= 4 is 12.6 Å². The van der Waals surface area contributed by atoms with Gasteiger partial charge in [0.25, 0.3) is 0 Å². The fourth-order valence-corrected chi connectivity index (χ4v) is 2.71. The van der Waals surface area contributed by atoms with Gasteiger partial charge in [-0.05, 0) is 51.5 Å². The minimum absolute atomic E-state index is 0.193. The van der Waals surface area contributed by atoms with Gasteiger partial charge in [-0.2, -0.15) is 18.3 Å². The molecule has 140 valence electrons. The fourth-order valence-electron chi connectivity index (χ4n) is 2.71. The van der Waals surface area contributed by atoms with Gasteiger partial charge in [-0.25, -0.2) is 4.39 Å². The summed E-state index contributed by atoms with van der Waals surface area (Å²) in [6.07, 6.45) is -1.54. The molecule has 3 rings (SSSR count). The summed E-state index contributed by atoms with van der Waals surface area (Å²) >= 11 is 0. The molecule has 0 aliphatic carbocycles. The summed E-state index contributed by atoms with van der Waals surface area (Å²) in [6, 6.07) is 2.41. The number of aromatic nitrogens is 2. The van der Waals surface area contributed by atoms with Crippen molar-refractivity contribution in [3.05, 3.63) is 47.5 Å². The van der Waals surface area contributed by atoms with Gasteiger partial charge in [0.1, 0.15) is 5.82 Å². The van der Waals surface area contributed by atoms with Crippen molar-refractivity contribution in [1.29, 1.82) is 0 Å². The zero-order valence-corrected chi connectivity index (χ0v) is 14.9. The maximum Gasteiger partial charge on any atom is 0.498 e. The summed E-state index contributed by atoms with van der Waals surface area (Å²) < 4.78 is 65.9. The van der Waals surface area contributed by atoms with Crippen LogP contribution < -0.4 is 5.46 Å². The van der Waals surface area contributed by atoms with E-state index < -0.39 is 35.9 Å². The minimum Gasteiger partial charge on any atom is -0.399 e. The number of nitrogens with zero attached hydrogens (tertiary/aromatic N) is 2. The van der Waals surface area contributed by atoms with E-state index in [4.69, 9.17) is 9.31 Å². The largest absolute Gasteiger partial charge is 0.498 e. The zero-order valence-electron chi connectivity index (χ0n) is 14.9. The number of hydrogen-bond acceptors (Lipinski definition) is 3. The quantitative estimate of drug-likeness (QED) is 0.614. The third-order valence-corrected chi connectivity index (χ3v) is 4.88. The van der Waals surface area contributed by atoms with E-state index in [0.29, 0.717) is 5.46 Å². The van der Waals surface area contributed by atoms with Gasteiger partial charge in [0.15, 0.2) is 0 Å². The lowest BCUT2D eigenvalue weighted by Gasteiger charge is -2.32. The molecule has 0 N–H and O–H groups in total. The van der Waals surface area contributed by atoms with Gasteiger partial charge >= 0.3 is 13.3 Å². The summed E-state index contributed by atoms with van der Waals surface area (Å²) in [7, 11) is -0.664. The maximum absolute atomic E-state index is 13.4. The molecule has 1 aromatic carbocycles. The first-order chi connectivity index (χ1) is 11.9. The maximum atomic E-state index is 13.4. The van der Waals surface area contributed by atoms with E-state index in [1.54, 1.807) is 6.20 Å². The van der Waals surface area contributed by atoms with Gasteiger partial charge in [0.05, 0.1) is 23.3 Å². The molecule has 2 aromatic rings. The van der Waals surface area contributed by atoms with Gasteiger partial charge in [-0.15, -0.1) is 0 Å². The first-order valence-electron chi connectivity index (χ1n) is 8.13. The molecule has 1 saturated heterocycles. The highest BCUT2D eigenvalue weighted by Crippen LogP contribution is 2.36. The standard InChI is InChI=1S/C17H19BF4N2O2/c1-15(2)16(3,4)26-18(25-15)12-8-23-24(10-12)9-11-7-13(19)5-6-14(11)17(20,21)22/h5-8,10H,9H2,1-4H3. The van der Waals surface area contributed by atoms with Crippen LogP contribution in [0.3, 0.4) is 0 Å². The van der Waals surface area contributed by atoms with Crippen LogP contribution in [0.5, 0.6) is 0 Å². The van der Waals surface area contributed by atoms with Crippen molar-refractivity contribution in [2.75, 3.05) is 0 Å². The van der Waals surface area contributed by atoms with Crippen LogP contribution in [0.4, 0.5) is 17.6 Å². The number of halogens is 4. The van der Waals surface area contributed by atoms with Gasteiger partial charge in [-0.1, -0.05) is 0 Å². The third kappa shape index (κ3) is 3.50. The van der Waals surface area contributed by atoms with Crippen LogP contribution in [0.1, 0.15) is 38.8 Å². The van der Waals surface area contributed by atoms with Gasteiger partial charge < -0.3 is 9.31 Å². The van der Waals surface area contributed by atoms with Crippen molar-refractivity contribution in [1.82, 2.24) is 9.78 Å². The Labute approximate surface area is 149 Å². The lowest BCUT2D eigenvalue weighted by atomic mass is 9.82. The van der Waals surface area contributed by atoms with E-state index >= 15 is 0 Å². The highest BCUT2D eigenvalue weighted by Gasteiger charge is 2.52. The molecular weight excluding hydrogens is 351 g/mol. The highest BCUT2D eigenvalue weighted by molar-refractivity contribution is 6.61. The van der Waals surface area contributed by atoms with Crippen LogP contribution >= 0.6 is 0 Å². The molecule has 4 nitrogen and oxygen atoms in total. The summed E-state index contributed by atoms with van der Waals surface area (Å²) in [6.45, 7) is 7.39.